The number of nitrogens with one attached hydrogen (secondary N) is 1. The number of thiophene rings is 1. The molecule has 0 amide bonds. The molecule has 1 aromatic heterocycles. The van der Waals surface area contributed by atoms with Crippen LogP contribution in [0.1, 0.15) is 4.88 Å². The van der Waals surface area contributed by atoms with E-state index in [1.807, 2.05) is 48.6 Å². The van der Waals surface area contributed by atoms with Crippen LogP contribution in [-0.4, -0.2) is 14.1 Å². The second-order valence-corrected chi connectivity index (χ2v) is 5.62. The van der Waals surface area contributed by atoms with Gasteiger partial charge in [0, 0.05) is 30.3 Å². The van der Waals surface area contributed by atoms with Gasteiger partial charge in [-0.2, -0.15) is 0 Å². The van der Waals surface area contributed by atoms with E-state index in [4.69, 9.17) is 17.3 Å². The zero-order valence-corrected chi connectivity index (χ0v) is 12.0. The molecule has 1 aromatic carbocycles. The van der Waals surface area contributed by atoms with E-state index in [2.05, 4.69) is 5.32 Å². The average Bonchev–Trinajstić information content (AvgIpc) is 2.72. The van der Waals surface area contributed by atoms with E-state index in [0.717, 1.165) is 33.5 Å². The largest absolute Gasteiger partial charge is 0.398 e. The van der Waals surface area contributed by atoms with Crippen LogP contribution in [0, 0.1) is 0 Å². The molecule has 0 aliphatic rings. The number of hydrogen-bond acceptors (Lipinski definition) is 4. The molecule has 3 nitrogen and oxygen atoms in total. The van der Waals surface area contributed by atoms with Crippen LogP contribution in [0.2, 0.25) is 5.02 Å². The highest BCUT2D eigenvalue weighted by molar-refractivity contribution is 7.10. The molecule has 0 saturated carbocycles. The Morgan fingerprint density at radius 3 is 2.67 bits per heavy atom. The molecule has 0 radical (unpaired) electrons. The molecule has 0 spiro atoms. The summed E-state index contributed by atoms with van der Waals surface area (Å²) >= 11 is 7.86. The Labute approximate surface area is 116 Å². The first-order valence-electron chi connectivity index (χ1n) is 5.60. The fraction of sp³-hybridized carbons (Fsp3) is 0.231. The van der Waals surface area contributed by atoms with Crippen molar-refractivity contribution in [3.63, 3.8) is 0 Å². The summed E-state index contributed by atoms with van der Waals surface area (Å²) in [5, 5.41) is 6.06. The van der Waals surface area contributed by atoms with E-state index in [1.165, 1.54) is 0 Å². The lowest BCUT2D eigenvalue weighted by Gasteiger charge is -2.15. The fourth-order valence-electron chi connectivity index (χ4n) is 1.66. The minimum absolute atomic E-state index is 0.723. The van der Waals surface area contributed by atoms with E-state index in [1.54, 1.807) is 11.3 Å². The van der Waals surface area contributed by atoms with E-state index < -0.39 is 0 Å². The summed E-state index contributed by atoms with van der Waals surface area (Å²) in [6, 6.07) is 7.87. The third-order valence-corrected chi connectivity index (χ3v) is 3.90. The van der Waals surface area contributed by atoms with Crippen molar-refractivity contribution in [3.05, 3.63) is 39.5 Å². The number of nitrogens with zero attached hydrogens (tertiary/aromatic N) is 1. The lowest BCUT2D eigenvalue weighted by atomic mass is 10.2. The number of rotatable bonds is 4. The van der Waals surface area contributed by atoms with Gasteiger partial charge in [-0.05, 0) is 29.6 Å². The number of nitrogen functional groups attached to an aromatic ring is 1. The van der Waals surface area contributed by atoms with Gasteiger partial charge in [0.05, 0.1) is 17.3 Å². The Kier molecular flexibility index (Phi) is 3.99. The highest BCUT2D eigenvalue weighted by Crippen LogP contribution is 2.28. The number of nitrogens with two attached hydrogens (primary N) is 1. The number of hydrogen-bond donors (Lipinski definition) is 2. The molecule has 18 heavy (non-hydrogen) atoms. The van der Waals surface area contributed by atoms with Gasteiger partial charge in [0.2, 0.25) is 0 Å². The average molecular weight is 282 g/mol. The molecule has 1 heterocycles. The molecule has 0 saturated heterocycles. The Hall–Kier alpha value is -1.39. The molecular weight excluding hydrogens is 266 g/mol. The molecule has 0 fully saturated rings. The SMILES string of the molecule is CN(C)c1ccc(NCc2sccc2N)cc1Cl. The summed E-state index contributed by atoms with van der Waals surface area (Å²) in [5.41, 5.74) is 8.68. The van der Waals surface area contributed by atoms with E-state index in [9.17, 15) is 0 Å². The summed E-state index contributed by atoms with van der Waals surface area (Å²) in [7, 11) is 3.95. The van der Waals surface area contributed by atoms with Crippen molar-refractivity contribution in [3.8, 4) is 0 Å². The second-order valence-electron chi connectivity index (χ2n) is 4.21. The smallest absolute Gasteiger partial charge is 0.0659 e. The van der Waals surface area contributed by atoms with Crippen LogP contribution in [0.15, 0.2) is 29.6 Å². The van der Waals surface area contributed by atoms with Crippen molar-refractivity contribution in [1.29, 1.82) is 0 Å². The zero-order chi connectivity index (χ0) is 13.1. The number of benzene rings is 1. The molecular formula is C13H16ClN3S. The molecule has 0 unspecified atom stereocenters. The molecule has 5 heteroatoms. The first-order chi connectivity index (χ1) is 8.58. The topological polar surface area (TPSA) is 41.3 Å². The Bertz CT molecular complexity index is 537. The van der Waals surface area contributed by atoms with E-state index >= 15 is 0 Å². The molecule has 0 atom stereocenters. The van der Waals surface area contributed by atoms with Crippen molar-refractivity contribution in [2.45, 2.75) is 6.54 Å². The van der Waals surface area contributed by atoms with Crippen molar-refractivity contribution >= 4 is 40.0 Å². The number of anilines is 3. The predicted molar refractivity (Wildman–Crippen MR) is 81.8 cm³/mol. The summed E-state index contributed by atoms with van der Waals surface area (Å²) < 4.78 is 0. The molecule has 0 bridgehead atoms. The van der Waals surface area contributed by atoms with E-state index in [-0.39, 0.29) is 0 Å². The standard InChI is InChI=1S/C13H16ClN3S/c1-17(2)12-4-3-9(7-10(12)14)16-8-13-11(15)5-6-18-13/h3-7,16H,8,15H2,1-2H3. The van der Waals surface area contributed by atoms with Crippen molar-refractivity contribution < 1.29 is 0 Å². The van der Waals surface area contributed by atoms with Crippen LogP contribution >= 0.6 is 22.9 Å². The van der Waals surface area contributed by atoms with Gasteiger partial charge < -0.3 is 16.0 Å². The normalized spacial score (nSPS) is 10.4. The van der Waals surface area contributed by atoms with Crippen LogP contribution in [0.4, 0.5) is 17.1 Å². The summed E-state index contributed by atoms with van der Waals surface area (Å²) in [5.74, 6) is 0. The van der Waals surface area contributed by atoms with Crippen LogP contribution in [0.5, 0.6) is 0 Å². The third-order valence-electron chi connectivity index (χ3n) is 2.66. The first kappa shape index (κ1) is 13.1. The van der Waals surface area contributed by atoms with Gasteiger partial charge in [0.1, 0.15) is 0 Å². The maximum Gasteiger partial charge on any atom is 0.0659 e. The van der Waals surface area contributed by atoms with Crippen LogP contribution < -0.4 is 16.0 Å². The Morgan fingerprint density at radius 1 is 1.33 bits per heavy atom. The quantitative estimate of drug-likeness (QED) is 0.899. The summed E-state index contributed by atoms with van der Waals surface area (Å²) in [6.07, 6.45) is 0. The van der Waals surface area contributed by atoms with Crippen molar-refractivity contribution in [1.82, 2.24) is 0 Å². The van der Waals surface area contributed by atoms with Gasteiger partial charge >= 0.3 is 0 Å². The van der Waals surface area contributed by atoms with Crippen LogP contribution in [0.25, 0.3) is 0 Å². The maximum atomic E-state index is 6.21. The fourth-order valence-corrected chi connectivity index (χ4v) is 2.74. The number of halogens is 1. The highest BCUT2D eigenvalue weighted by atomic mass is 35.5. The van der Waals surface area contributed by atoms with Gasteiger partial charge in [0.15, 0.2) is 0 Å². The van der Waals surface area contributed by atoms with Crippen LogP contribution in [0.3, 0.4) is 0 Å². The lowest BCUT2D eigenvalue weighted by molar-refractivity contribution is 1.13. The Balaban J connectivity index is 2.07. The van der Waals surface area contributed by atoms with E-state index in [0.29, 0.717) is 0 Å². The van der Waals surface area contributed by atoms with Gasteiger partial charge in [-0.25, -0.2) is 0 Å². The molecule has 2 rings (SSSR count). The third kappa shape index (κ3) is 2.89. The minimum atomic E-state index is 0.723. The molecule has 3 N–H and O–H groups in total. The molecule has 96 valence electrons. The van der Waals surface area contributed by atoms with Gasteiger partial charge in [-0.3, -0.25) is 0 Å². The summed E-state index contributed by atoms with van der Waals surface area (Å²) in [4.78, 5) is 3.13. The molecule has 0 aliphatic carbocycles. The van der Waals surface area contributed by atoms with Gasteiger partial charge in [-0.1, -0.05) is 11.6 Å². The second kappa shape index (κ2) is 5.50. The predicted octanol–water partition coefficient (Wildman–Crippen LogP) is 3.66. The molecule has 2 aromatic rings. The lowest BCUT2D eigenvalue weighted by Crippen LogP contribution is -2.09. The monoisotopic (exact) mass is 281 g/mol. The minimum Gasteiger partial charge on any atom is -0.398 e. The van der Waals surface area contributed by atoms with Crippen molar-refractivity contribution in [2.24, 2.45) is 0 Å². The van der Waals surface area contributed by atoms with Crippen LogP contribution in [-0.2, 0) is 6.54 Å². The maximum absolute atomic E-state index is 6.21. The Morgan fingerprint density at radius 2 is 2.11 bits per heavy atom. The summed E-state index contributed by atoms with van der Waals surface area (Å²) in [6.45, 7) is 0.723. The molecule has 0 aliphatic heterocycles. The van der Waals surface area contributed by atoms with Crippen molar-refractivity contribution in [2.75, 3.05) is 30.0 Å². The highest BCUT2D eigenvalue weighted by Gasteiger charge is 2.04. The van der Waals surface area contributed by atoms with Gasteiger partial charge in [-0.15, -0.1) is 11.3 Å². The van der Waals surface area contributed by atoms with Gasteiger partial charge in [0.25, 0.3) is 0 Å². The zero-order valence-electron chi connectivity index (χ0n) is 10.4. The first-order valence-corrected chi connectivity index (χ1v) is 6.86.